The highest BCUT2D eigenvalue weighted by Crippen LogP contribution is 2.24. The number of aliphatic imine (C=N–C) groups is 1. The zero-order valence-electron chi connectivity index (χ0n) is 12.1. The van der Waals surface area contributed by atoms with Crippen LogP contribution in [0.15, 0.2) is 53.2 Å². The smallest absolute Gasteiger partial charge is 0.363 e. The van der Waals surface area contributed by atoms with Gasteiger partial charge in [-0.05, 0) is 41.0 Å². The minimum Gasteiger partial charge on any atom is -0.402 e. The molecule has 0 N–H and O–H groups in total. The summed E-state index contributed by atoms with van der Waals surface area (Å²) in [6.45, 7) is 1.18. The number of benzene rings is 2. The number of nitrogens with zero attached hydrogens (tertiary/aromatic N) is 1. The number of carbonyl (C=O) groups is 1. The Balaban J connectivity index is 1.69. The van der Waals surface area contributed by atoms with Gasteiger partial charge in [0.15, 0.2) is 5.70 Å². The third kappa shape index (κ3) is 2.55. The number of halogens is 1. The summed E-state index contributed by atoms with van der Waals surface area (Å²) in [4.78, 5) is 16.1. The quantitative estimate of drug-likeness (QED) is 0.632. The molecule has 2 aromatic carbocycles. The van der Waals surface area contributed by atoms with Gasteiger partial charge in [0.2, 0.25) is 5.90 Å². The fraction of sp³-hybridized carbons (Fsp3) is 0.111. The molecule has 0 spiro atoms. The topological polar surface area (TPSA) is 47.9 Å². The molecule has 0 aliphatic carbocycles. The number of cyclic esters (lactones) is 1. The molecular weight excluding hydrogens is 297 g/mol. The SMILES string of the molecule is O=C1OC(c2ccccc2F)=N/C1=C/c1ccc2c(c1)COC2. The molecule has 0 bridgehead atoms. The Kier molecular flexibility index (Phi) is 3.28. The summed E-state index contributed by atoms with van der Waals surface area (Å²) in [5.41, 5.74) is 3.41. The van der Waals surface area contributed by atoms with Gasteiger partial charge in [0, 0.05) is 0 Å². The van der Waals surface area contributed by atoms with Crippen LogP contribution in [0.1, 0.15) is 22.3 Å². The molecule has 4 rings (SSSR count). The number of esters is 1. The fourth-order valence-electron chi connectivity index (χ4n) is 2.60. The number of ether oxygens (including phenoxy) is 2. The minimum absolute atomic E-state index is 0.0103. The van der Waals surface area contributed by atoms with E-state index >= 15 is 0 Å². The minimum atomic E-state index is -0.583. The number of carbonyl (C=O) groups excluding carboxylic acids is 1. The van der Waals surface area contributed by atoms with Crippen LogP contribution in [0.25, 0.3) is 6.08 Å². The molecule has 0 saturated carbocycles. The summed E-state index contributed by atoms with van der Waals surface area (Å²) in [7, 11) is 0. The maximum Gasteiger partial charge on any atom is 0.363 e. The van der Waals surface area contributed by atoms with Gasteiger partial charge in [-0.3, -0.25) is 0 Å². The Hall–Kier alpha value is -2.79. The highest BCUT2D eigenvalue weighted by atomic mass is 19.1. The molecule has 5 heteroatoms. The van der Waals surface area contributed by atoms with E-state index in [1.54, 1.807) is 18.2 Å². The van der Waals surface area contributed by atoms with E-state index in [4.69, 9.17) is 9.47 Å². The highest BCUT2D eigenvalue weighted by molar-refractivity contribution is 6.12. The van der Waals surface area contributed by atoms with Crippen molar-refractivity contribution >= 4 is 17.9 Å². The largest absolute Gasteiger partial charge is 0.402 e. The maximum absolute atomic E-state index is 13.8. The van der Waals surface area contributed by atoms with Gasteiger partial charge in [-0.15, -0.1) is 0 Å². The van der Waals surface area contributed by atoms with Crippen molar-refractivity contribution < 1.29 is 18.7 Å². The fourth-order valence-corrected chi connectivity index (χ4v) is 2.60. The van der Waals surface area contributed by atoms with Crippen LogP contribution in [0.3, 0.4) is 0 Å². The first-order valence-corrected chi connectivity index (χ1v) is 7.18. The van der Waals surface area contributed by atoms with Gasteiger partial charge in [0.1, 0.15) is 5.82 Å². The average Bonchev–Trinajstić information content (AvgIpc) is 3.14. The van der Waals surface area contributed by atoms with Crippen LogP contribution in [-0.4, -0.2) is 11.9 Å². The van der Waals surface area contributed by atoms with Gasteiger partial charge < -0.3 is 9.47 Å². The van der Waals surface area contributed by atoms with E-state index in [0.717, 1.165) is 16.7 Å². The second kappa shape index (κ2) is 5.44. The lowest BCUT2D eigenvalue weighted by molar-refractivity contribution is -0.129. The molecule has 2 aromatic rings. The Morgan fingerprint density at radius 3 is 2.78 bits per heavy atom. The van der Waals surface area contributed by atoms with Crippen LogP contribution in [0, 0.1) is 5.82 Å². The summed E-state index contributed by atoms with van der Waals surface area (Å²) in [5.74, 6) is -1.07. The zero-order valence-corrected chi connectivity index (χ0v) is 12.1. The van der Waals surface area contributed by atoms with Crippen LogP contribution >= 0.6 is 0 Å². The molecule has 2 aliphatic heterocycles. The second-order valence-corrected chi connectivity index (χ2v) is 5.34. The number of rotatable bonds is 2. The number of hydrogen-bond acceptors (Lipinski definition) is 4. The molecule has 4 nitrogen and oxygen atoms in total. The second-order valence-electron chi connectivity index (χ2n) is 5.34. The van der Waals surface area contributed by atoms with Crippen molar-refractivity contribution in [3.05, 3.63) is 76.2 Å². The summed E-state index contributed by atoms with van der Waals surface area (Å²) < 4.78 is 24.2. The molecule has 0 radical (unpaired) electrons. The first kappa shape index (κ1) is 13.8. The summed E-state index contributed by atoms with van der Waals surface area (Å²) in [6.07, 6.45) is 1.63. The van der Waals surface area contributed by atoms with E-state index in [-0.39, 0.29) is 17.2 Å². The summed E-state index contributed by atoms with van der Waals surface area (Å²) in [6, 6.07) is 11.9. The third-order valence-electron chi connectivity index (χ3n) is 3.77. The molecule has 0 saturated heterocycles. The number of hydrogen-bond donors (Lipinski definition) is 0. The van der Waals surface area contributed by atoms with Crippen LogP contribution in [0.5, 0.6) is 0 Å². The molecule has 2 heterocycles. The zero-order chi connectivity index (χ0) is 15.8. The van der Waals surface area contributed by atoms with Crippen LogP contribution < -0.4 is 0 Å². The van der Waals surface area contributed by atoms with Gasteiger partial charge in [0.25, 0.3) is 0 Å². The molecular formula is C18H12FNO3. The van der Waals surface area contributed by atoms with Gasteiger partial charge >= 0.3 is 5.97 Å². The highest BCUT2D eigenvalue weighted by Gasteiger charge is 2.26. The Morgan fingerprint density at radius 1 is 1.09 bits per heavy atom. The van der Waals surface area contributed by atoms with Crippen molar-refractivity contribution in [2.45, 2.75) is 13.2 Å². The third-order valence-corrected chi connectivity index (χ3v) is 3.77. The predicted octanol–water partition coefficient (Wildman–Crippen LogP) is 3.20. The van der Waals surface area contributed by atoms with E-state index in [2.05, 4.69) is 4.99 Å². The van der Waals surface area contributed by atoms with Crippen LogP contribution in [0.2, 0.25) is 0 Å². The lowest BCUT2D eigenvalue weighted by Gasteiger charge is -1.99. The molecule has 114 valence electrons. The van der Waals surface area contributed by atoms with Crippen molar-refractivity contribution in [3.63, 3.8) is 0 Å². The number of fused-ring (bicyclic) bond motifs is 1. The summed E-state index contributed by atoms with van der Waals surface area (Å²) in [5, 5.41) is 0. The van der Waals surface area contributed by atoms with Crippen molar-refractivity contribution in [2.75, 3.05) is 0 Å². The average molecular weight is 309 g/mol. The van der Waals surface area contributed by atoms with Crippen molar-refractivity contribution in [3.8, 4) is 0 Å². The predicted molar refractivity (Wildman–Crippen MR) is 81.9 cm³/mol. The first-order valence-electron chi connectivity index (χ1n) is 7.18. The molecule has 0 amide bonds. The Labute approximate surface area is 131 Å². The first-order chi connectivity index (χ1) is 11.2. The van der Waals surface area contributed by atoms with E-state index in [9.17, 15) is 9.18 Å². The lowest BCUT2D eigenvalue weighted by atomic mass is 10.1. The molecule has 0 atom stereocenters. The van der Waals surface area contributed by atoms with Crippen LogP contribution in [-0.2, 0) is 27.5 Å². The Morgan fingerprint density at radius 2 is 1.91 bits per heavy atom. The molecule has 0 fully saturated rings. The van der Waals surface area contributed by atoms with Gasteiger partial charge in [-0.25, -0.2) is 14.2 Å². The Bertz CT molecular complexity index is 870. The van der Waals surface area contributed by atoms with Crippen molar-refractivity contribution in [1.82, 2.24) is 0 Å². The van der Waals surface area contributed by atoms with E-state index in [1.807, 2.05) is 18.2 Å². The van der Waals surface area contributed by atoms with E-state index in [0.29, 0.717) is 13.2 Å². The summed E-state index contributed by atoms with van der Waals surface area (Å²) >= 11 is 0. The van der Waals surface area contributed by atoms with E-state index in [1.165, 1.54) is 12.1 Å². The van der Waals surface area contributed by atoms with Crippen LogP contribution in [0.4, 0.5) is 4.39 Å². The van der Waals surface area contributed by atoms with E-state index < -0.39 is 11.8 Å². The monoisotopic (exact) mass is 309 g/mol. The van der Waals surface area contributed by atoms with Crippen molar-refractivity contribution in [2.24, 2.45) is 4.99 Å². The van der Waals surface area contributed by atoms with Gasteiger partial charge in [-0.1, -0.05) is 24.3 Å². The standard InChI is InChI=1S/C18H12FNO3/c19-15-4-2-1-3-14(15)17-20-16(18(21)23-17)8-11-5-6-12-9-22-10-13(12)7-11/h1-8H,9-10H2/b16-8+. The molecule has 23 heavy (non-hydrogen) atoms. The molecule has 0 aromatic heterocycles. The normalized spacial score (nSPS) is 18.0. The van der Waals surface area contributed by atoms with Crippen molar-refractivity contribution in [1.29, 1.82) is 0 Å². The maximum atomic E-state index is 13.8. The lowest BCUT2D eigenvalue weighted by Crippen LogP contribution is -2.07. The van der Waals surface area contributed by atoms with Gasteiger partial charge in [0.05, 0.1) is 18.8 Å². The molecule has 0 unspecified atom stereocenters. The van der Waals surface area contributed by atoms with Gasteiger partial charge in [-0.2, -0.15) is 0 Å². The molecule has 2 aliphatic rings.